The third-order valence-electron chi connectivity index (χ3n) is 3.44. The van der Waals surface area contributed by atoms with E-state index in [0.717, 1.165) is 26.9 Å². The summed E-state index contributed by atoms with van der Waals surface area (Å²) in [5, 5.41) is 3.04. The smallest absolute Gasteiger partial charge is 0.262 e. The van der Waals surface area contributed by atoms with Crippen LogP contribution in [0.1, 0.15) is 16.7 Å². The van der Waals surface area contributed by atoms with Crippen LogP contribution in [0, 0.1) is 13.8 Å². The van der Waals surface area contributed by atoms with E-state index in [4.69, 9.17) is 0 Å². The second kappa shape index (κ2) is 9.03. The average molecular weight is 402 g/mol. The molecule has 0 atom stereocenters. The van der Waals surface area contributed by atoms with Crippen LogP contribution in [-0.2, 0) is 9.59 Å². The van der Waals surface area contributed by atoms with Crippen molar-refractivity contribution in [3.63, 3.8) is 0 Å². The summed E-state index contributed by atoms with van der Waals surface area (Å²) in [4.78, 5) is 23.5. The summed E-state index contributed by atoms with van der Waals surface area (Å²) >= 11 is 3.35. The van der Waals surface area contributed by atoms with Gasteiger partial charge in [0, 0.05) is 16.2 Å². The normalized spacial score (nSPS) is 10.5. The number of hydrazine groups is 1. The molecule has 2 rings (SSSR count). The number of hydrogen-bond donors (Lipinski definition) is 3. The number of carbonyl (C=O) groups is 2. The van der Waals surface area contributed by atoms with Crippen LogP contribution in [-0.4, -0.2) is 18.4 Å². The van der Waals surface area contributed by atoms with Gasteiger partial charge in [-0.3, -0.25) is 20.4 Å². The molecule has 0 aliphatic heterocycles. The van der Waals surface area contributed by atoms with Gasteiger partial charge >= 0.3 is 0 Å². The lowest BCUT2D eigenvalue weighted by Gasteiger charge is -2.10. The lowest BCUT2D eigenvalue weighted by Crippen LogP contribution is -2.43. The summed E-state index contributed by atoms with van der Waals surface area (Å²) in [6.45, 7) is 4.06. The second-order valence-corrected chi connectivity index (χ2v) is 6.51. The summed E-state index contributed by atoms with van der Waals surface area (Å²) in [5.41, 5.74) is 8.73. The third kappa shape index (κ3) is 6.43. The fraction of sp³-hybridized carbons (Fsp3) is 0.158. The van der Waals surface area contributed by atoms with Crippen molar-refractivity contribution in [2.45, 2.75) is 13.8 Å². The Bertz CT molecular complexity index is 786. The quantitative estimate of drug-likeness (QED) is 0.531. The van der Waals surface area contributed by atoms with E-state index in [1.165, 1.54) is 6.08 Å². The molecule has 6 heteroatoms. The zero-order valence-corrected chi connectivity index (χ0v) is 15.7. The Labute approximate surface area is 155 Å². The van der Waals surface area contributed by atoms with Gasteiger partial charge in [0.2, 0.25) is 0 Å². The molecule has 0 saturated carbocycles. The van der Waals surface area contributed by atoms with Crippen LogP contribution >= 0.6 is 15.9 Å². The summed E-state index contributed by atoms with van der Waals surface area (Å²) in [6.07, 6.45) is 3.03. The van der Waals surface area contributed by atoms with Crippen LogP contribution in [0.3, 0.4) is 0 Å². The van der Waals surface area contributed by atoms with Crippen LogP contribution in [0.25, 0.3) is 6.08 Å². The molecule has 3 N–H and O–H groups in total. The van der Waals surface area contributed by atoms with Crippen molar-refractivity contribution in [3.8, 4) is 0 Å². The molecule has 0 bridgehead atoms. The van der Waals surface area contributed by atoms with E-state index < -0.39 is 5.91 Å². The van der Waals surface area contributed by atoms with Gasteiger partial charge in [0.05, 0.1) is 6.54 Å². The Morgan fingerprint density at radius 1 is 1.04 bits per heavy atom. The van der Waals surface area contributed by atoms with Crippen molar-refractivity contribution in [3.05, 3.63) is 69.7 Å². The van der Waals surface area contributed by atoms with Crippen molar-refractivity contribution in [1.29, 1.82) is 0 Å². The molecular formula is C19H20BrN3O2. The molecule has 130 valence electrons. The van der Waals surface area contributed by atoms with Crippen LogP contribution in [0.15, 0.2) is 53.0 Å². The highest BCUT2D eigenvalue weighted by molar-refractivity contribution is 9.10. The average Bonchev–Trinajstić information content (AvgIpc) is 2.58. The molecule has 0 saturated heterocycles. The van der Waals surface area contributed by atoms with Crippen molar-refractivity contribution >= 4 is 39.5 Å². The van der Waals surface area contributed by atoms with Gasteiger partial charge in [-0.1, -0.05) is 45.8 Å². The summed E-state index contributed by atoms with van der Waals surface area (Å²) in [6, 6.07) is 13.5. The number of aryl methyl sites for hydroxylation is 2. The fourth-order valence-corrected chi connectivity index (χ4v) is 2.41. The number of hydrogen-bond acceptors (Lipinski definition) is 3. The van der Waals surface area contributed by atoms with Crippen molar-refractivity contribution in [2.75, 3.05) is 11.9 Å². The van der Waals surface area contributed by atoms with Gasteiger partial charge in [-0.15, -0.1) is 0 Å². The molecule has 25 heavy (non-hydrogen) atoms. The number of benzene rings is 2. The van der Waals surface area contributed by atoms with E-state index in [1.807, 2.05) is 56.3 Å². The Balaban J connectivity index is 1.75. The van der Waals surface area contributed by atoms with Gasteiger partial charge in [0.15, 0.2) is 0 Å². The predicted molar refractivity (Wildman–Crippen MR) is 104 cm³/mol. The minimum Gasteiger partial charge on any atom is -0.376 e. The van der Waals surface area contributed by atoms with Gasteiger partial charge in [-0.25, -0.2) is 0 Å². The molecule has 0 aliphatic rings. The van der Waals surface area contributed by atoms with Gasteiger partial charge in [-0.2, -0.15) is 0 Å². The Kier molecular flexibility index (Phi) is 6.77. The van der Waals surface area contributed by atoms with Gasteiger partial charge in [-0.05, 0) is 49.2 Å². The summed E-state index contributed by atoms with van der Waals surface area (Å²) in [5.74, 6) is -0.729. The molecule has 0 unspecified atom stereocenters. The van der Waals surface area contributed by atoms with Crippen molar-refractivity contribution in [2.24, 2.45) is 0 Å². The molecule has 0 aromatic heterocycles. The number of amides is 2. The van der Waals surface area contributed by atoms with Crippen molar-refractivity contribution < 1.29 is 9.59 Å². The SMILES string of the molecule is Cc1ccc(NCC(=O)NNC(=O)/C=C/c2ccc(Br)cc2)c(C)c1. The molecule has 0 radical (unpaired) electrons. The first-order valence-electron chi connectivity index (χ1n) is 7.77. The van der Waals surface area contributed by atoms with Crippen LogP contribution in [0.4, 0.5) is 5.69 Å². The van der Waals surface area contributed by atoms with E-state index in [-0.39, 0.29) is 12.5 Å². The minimum absolute atomic E-state index is 0.0700. The molecule has 0 aliphatic carbocycles. The molecule has 2 aromatic rings. The molecule has 2 amide bonds. The zero-order valence-electron chi connectivity index (χ0n) is 14.1. The van der Waals surface area contributed by atoms with Crippen LogP contribution in [0.5, 0.6) is 0 Å². The first kappa shape index (κ1) is 18.7. The Morgan fingerprint density at radius 3 is 2.44 bits per heavy atom. The molecule has 2 aromatic carbocycles. The highest BCUT2D eigenvalue weighted by atomic mass is 79.9. The highest BCUT2D eigenvalue weighted by Crippen LogP contribution is 2.15. The number of nitrogens with one attached hydrogen (secondary N) is 3. The zero-order chi connectivity index (χ0) is 18.2. The summed E-state index contributed by atoms with van der Waals surface area (Å²) < 4.78 is 0.970. The molecule has 0 spiro atoms. The van der Waals surface area contributed by atoms with E-state index in [0.29, 0.717) is 0 Å². The molecule has 0 heterocycles. The first-order chi connectivity index (χ1) is 11.9. The molecule has 0 fully saturated rings. The van der Waals surface area contributed by atoms with Gasteiger partial charge < -0.3 is 5.32 Å². The first-order valence-corrected chi connectivity index (χ1v) is 8.57. The van der Waals surface area contributed by atoms with Gasteiger partial charge in [0.1, 0.15) is 0 Å². The van der Waals surface area contributed by atoms with E-state index in [1.54, 1.807) is 6.08 Å². The lowest BCUT2D eigenvalue weighted by molar-refractivity contribution is -0.125. The maximum absolute atomic E-state index is 11.8. The topological polar surface area (TPSA) is 70.2 Å². The van der Waals surface area contributed by atoms with Gasteiger partial charge in [0.25, 0.3) is 11.8 Å². The van der Waals surface area contributed by atoms with E-state index in [9.17, 15) is 9.59 Å². The maximum Gasteiger partial charge on any atom is 0.262 e. The number of carbonyl (C=O) groups excluding carboxylic acids is 2. The van der Waals surface area contributed by atoms with Crippen LogP contribution in [0.2, 0.25) is 0 Å². The number of halogens is 1. The minimum atomic E-state index is -0.400. The van der Waals surface area contributed by atoms with E-state index in [2.05, 4.69) is 32.1 Å². The van der Waals surface area contributed by atoms with Crippen LogP contribution < -0.4 is 16.2 Å². The van der Waals surface area contributed by atoms with Crippen molar-refractivity contribution in [1.82, 2.24) is 10.9 Å². The molecular weight excluding hydrogens is 382 g/mol. The number of anilines is 1. The number of rotatable bonds is 5. The molecule has 5 nitrogen and oxygen atoms in total. The second-order valence-electron chi connectivity index (χ2n) is 5.59. The monoisotopic (exact) mass is 401 g/mol. The third-order valence-corrected chi connectivity index (χ3v) is 3.97. The standard InChI is InChI=1S/C19H20BrN3O2/c1-13-3-9-17(14(2)11-13)21-12-19(25)23-22-18(24)10-6-15-4-7-16(20)8-5-15/h3-11,21H,12H2,1-2H3,(H,22,24)(H,23,25)/b10-6+. The summed E-state index contributed by atoms with van der Waals surface area (Å²) in [7, 11) is 0. The maximum atomic E-state index is 11.8. The lowest BCUT2D eigenvalue weighted by atomic mass is 10.1. The highest BCUT2D eigenvalue weighted by Gasteiger charge is 2.04. The fourth-order valence-electron chi connectivity index (χ4n) is 2.15. The predicted octanol–water partition coefficient (Wildman–Crippen LogP) is 3.34. The largest absolute Gasteiger partial charge is 0.376 e. The van der Waals surface area contributed by atoms with E-state index >= 15 is 0 Å². The Morgan fingerprint density at radius 2 is 1.76 bits per heavy atom. The Hall–Kier alpha value is -2.60.